The molecule has 5 heteroatoms. The monoisotopic (exact) mass is 303 g/mol. The molecule has 1 saturated carbocycles. The summed E-state index contributed by atoms with van der Waals surface area (Å²) in [5.41, 5.74) is -1.83. The number of benzene rings is 1. The summed E-state index contributed by atoms with van der Waals surface area (Å²) in [5, 5.41) is 3.43. The quantitative estimate of drug-likeness (QED) is 0.797. The van der Waals surface area contributed by atoms with Crippen molar-refractivity contribution < 1.29 is 13.2 Å². The largest absolute Gasteiger partial charge is 0.441 e. The maximum Gasteiger partial charge on any atom is 0.441 e. The number of alkyl halides is 3. The molecule has 0 aliphatic heterocycles. The Morgan fingerprint density at radius 2 is 2.10 bits per heavy atom. The van der Waals surface area contributed by atoms with Crippen molar-refractivity contribution in [2.45, 2.75) is 43.7 Å². The highest BCUT2D eigenvalue weighted by Gasteiger charge is 2.28. The topological polar surface area (TPSA) is 12.0 Å². The first-order chi connectivity index (χ1) is 9.44. The zero-order valence-electron chi connectivity index (χ0n) is 11.5. The fourth-order valence-electron chi connectivity index (χ4n) is 2.22. The van der Waals surface area contributed by atoms with Crippen molar-refractivity contribution in [3.63, 3.8) is 0 Å². The van der Waals surface area contributed by atoms with Gasteiger partial charge in [0.1, 0.15) is 0 Å². The summed E-state index contributed by atoms with van der Waals surface area (Å²) in [6, 6.07) is 8.67. The predicted molar refractivity (Wildman–Crippen MR) is 78.1 cm³/mol. The van der Waals surface area contributed by atoms with Crippen LogP contribution in [0.25, 0.3) is 0 Å². The van der Waals surface area contributed by atoms with Gasteiger partial charge < -0.3 is 5.32 Å². The Hall–Kier alpha value is -0.680. The molecule has 0 amide bonds. The van der Waals surface area contributed by atoms with E-state index in [2.05, 4.69) is 11.4 Å². The summed E-state index contributed by atoms with van der Waals surface area (Å²) in [4.78, 5) is 0. The van der Waals surface area contributed by atoms with Gasteiger partial charge in [0, 0.05) is 18.3 Å². The molecule has 2 rings (SSSR count). The van der Waals surface area contributed by atoms with Crippen molar-refractivity contribution >= 4 is 11.8 Å². The number of hydrogen-bond acceptors (Lipinski definition) is 2. The average molecular weight is 303 g/mol. The molecular weight excluding hydrogens is 283 g/mol. The molecule has 1 aromatic carbocycles. The minimum atomic E-state index is -4.12. The average Bonchev–Trinajstić information content (AvgIpc) is 3.16. The van der Waals surface area contributed by atoms with E-state index in [1.165, 1.54) is 12.8 Å². The van der Waals surface area contributed by atoms with Crippen molar-refractivity contribution in [2.24, 2.45) is 0 Å². The van der Waals surface area contributed by atoms with E-state index in [-0.39, 0.29) is 23.4 Å². The van der Waals surface area contributed by atoms with E-state index < -0.39 is 5.51 Å². The van der Waals surface area contributed by atoms with Gasteiger partial charge in [-0.3, -0.25) is 0 Å². The Morgan fingerprint density at radius 3 is 2.70 bits per heavy atom. The molecule has 1 aliphatic rings. The van der Waals surface area contributed by atoms with Gasteiger partial charge in [0.05, 0.1) is 0 Å². The smallest absolute Gasteiger partial charge is 0.313 e. The first kappa shape index (κ1) is 15.7. The summed E-state index contributed by atoms with van der Waals surface area (Å²) < 4.78 is 36.7. The number of thioether (sulfide) groups is 1. The maximum atomic E-state index is 12.2. The lowest BCUT2D eigenvalue weighted by Crippen LogP contribution is -2.24. The second-order valence-electron chi connectivity index (χ2n) is 5.38. The third-order valence-corrected chi connectivity index (χ3v) is 4.24. The van der Waals surface area contributed by atoms with Crippen molar-refractivity contribution in [1.82, 2.24) is 5.32 Å². The molecule has 1 aliphatic carbocycles. The lowest BCUT2D eigenvalue weighted by Gasteiger charge is -2.19. The van der Waals surface area contributed by atoms with Crippen LogP contribution < -0.4 is 5.32 Å². The van der Waals surface area contributed by atoms with E-state index in [1.807, 2.05) is 25.1 Å². The number of nitrogens with one attached hydrogen (secondary N) is 1. The molecule has 1 aromatic rings. The minimum absolute atomic E-state index is 0.0829. The van der Waals surface area contributed by atoms with E-state index in [1.54, 1.807) is 0 Å². The van der Waals surface area contributed by atoms with Gasteiger partial charge in [-0.15, -0.1) is 0 Å². The van der Waals surface area contributed by atoms with E-state index in [0.717, 1.165) is 17.7 Å². The third-order valence-electron chi connectivity index (χ3n) is 3.48. The van der Waals surface area contributed by atoms with Gasteiger partial charge in [-0.25, -0.2) is 0 Å². The van der Waals surface area contributed by atoms with E-state index in [0.29, 0.717) is 12.5 Å². The molecule has 1 N–H and O–H groups in total. The summed E-state index contributed by atoms with van der Waals surface area (Å²) in [5.74, 6) is 0.277. The highest BCUT2D eigenvalue weighted by atomic mass is 32.2. The first-order valence-corrected chi connectivity index (χ1v) is 7.93. The molecule has 1 atom stereocenters. The van der Waals surface area contributed by atoms with Crippen molar-refractivity contribution in [1.29, 1.82) is 0 Å². The summed E-state index contributed by atoms with van der Waals surface area (Å²) in [6.07, 6.45) is 2.93. The van der Waals surface area contributed by atoms with Gasteiger partial charge in [0.2, 0.25) is 0 Å². The van der Waals surface area contributed by atoms with Crippen LogP contribution in [0.5, 0.6) is 0 Å². The molecule has 0 bridgehead atoms. The van der Waals surface area contributed by atoms with Crippen LogP contribution in [-0.4, -0.2) is 23.8 Å². The van der Waals surface area contributed by atoms with Gasteiger partial charge in [-0.05, 0) is 37.7 Å². The lowest BCUT2D eigenvalue weighted by molar-refractivity contribution is -0.0328. The Morgan fingerprint density at radius 1 is 1.35 bits per heavy atom. The zero-order valence-corrected chi connectivity index (χ0v) is 12.4. The van der Waals surface area contributed by atoms with Crippen LogP contribution in [-0.2, 0) is 0 Å². The molecule has 0 spiro atoms. The van der Waals surface area contributed by atoms with E-state index in [4.69, 9.17) is 0 Å². The fraction of sp³-hybridized carbons (Fsp3) is 0.600. The number of rotatable bonds is 7. The lowest BCUT2D eigenvalue weighted by atomic mass is 9.95. The van der Waals surface area contributed by atoms with Crippen LogP contribution in [0.1, 0.15) is 36.3 Å². The maximum absolute atomic E-state index is 12.2. The van der Waals surface area contributed by atoms with Gasteiger partial charge in [0.15, 0.2) is 0 Å². The fourth-order valence-corrected chi connectivity index (χ4v) is 2.86. The molecule has 1 unspecified atom stereocenters. The number of halogens is 3. The SMILES string of the molecule is Cc1cccc(C(CCSC(F)(F)F)CNC2CC2)c1. The molecule has 20 heavy (non-hydrogen) atoms. The van der Waals surface area contributed by atoms with Gasteiger partial charge >= 0.3 is 5.51 Å². The molecule has 0 heterocycles. The van der Waals surface area contributed by atoms with Gasteiger partial charge in [-0.1, -0.05) is 41.6 Å². The second-order valence-corrected chi connectivity index (χ2v) is 6.54. The standard InChI is InChI=1S/C15H20F3NS/c1-11-3-2-4-12(9-11)13(10-19-14-5-6-14)7-8-20-15(16,17)18/h2-4,9,13-14,19H,5-8,10H2,1H3. The van der Waals surface area contributed by atoms with Gasteiger partial charge in [-0.2, -0.15) is 13.2 Å². The second kappa shape index (κ2) is 6.85. The van der Waals surface area contributed by atoms with Crippen LogP contribution in [0.15, 0.2) is 24.3 Å². The molecule has 1 nitrogen and oxygen atoms in total. The van der Waals surface area contributed by atoms with Crippen LogP contribution in [0.2, 0.25) is 0 Å². The molecular formula is C15H20F3NS. The zero-order chi connectivity index (χ0) is 14.6. The molecule has 0 aromatic heterocycles. The van der Waals surface area contributed by atoms with Crippen molar-refractivity contribution in [3.05, 3.63) is 35.4 Å². The van der Waals surface area contributed by atoms with Crippen LogP contribution in [0.4, 0.5) is 13.2 Å². The Labute approximate surface area is 122 Å². The van der Waals surface area contributed by atoms with Crippen LogP contribution in [0.3, 0.4) is 0 Å². The van der Waals surface area contributed by atoms with Gasteiger partial charge in [0.25, 0.3) is 0 Å². The number of aryl methyl sites for hydroxylation is 1. The molecule has 112 valence electrons. The van der Waals surface area contributed by atoms with Crippen LogP contribution >= 0.6 is 11.8 Å². The molecule has 1 fully saturated rings. The Balaban J connectivity index is 1.92. The van der Waals surface area contributed by atoms with Crippen molar-refractivity contribution in [2.75, 3.05) is 12.3 Å². The van der Waals surface area contributed by atoms with E-state index >= 15 is 0 Å². The highest BCUT2D eigenvalue weighted by molar-refractivity contribution is 8.00. The van der Waals surface area contributed by atoms with E-state index in [9.17, 15) is 13.2 Å². The minimum Gasteiger partial charge on any atom is -0.313 e. The first-order valence-electron chi connectivity index (χ1n) is 6.95. The third kappa shape index (κ3) is 5.75. The highest BCUT2D eigenvalue weighted by Crippen LogP contribution is 2.33. The summed E-state index contributed by atoms with van der Waals surface area (Å²) >= 11 is 0.0829. The predicted octanol–water partition coefficient (Wildman–Crippen LogP) is 4.47. The Kier molecular flexibility index (Phi) is 5.38. The normalized spacial score (nSPS) is 17.2. The van der Waals surface area contributed by atoms with Crippen LogP contribution in [0, 0.1) is 6.92 Å². The molecule has 0 saturated heterocycles. The number of hydrogen-bond donors (Lipinski definition) is 1. The molecule has 0 radical (unpaired) electrons. The summed E-state index contributed by atoms with van der Waals surface area (Å²) in [7, 11) is 0. The summed E-state index contributed by atoms with van der Waals surface area (Å²) in [6.45, 7) is 2.78. The Bertz CT molecular complexity index is 429. The van der Waals surface area contributed by atoms with Crippen molar-refractivity contribution in [3.8, 4) is 0 Å².